The van der Waals surface area contributed by atoms with Crippen LogP contribution in [-0.4, -0.2) is 30.2 Å². The summed E-state index contributed by atoms with van der Waals surface area (Å²) in [5, 5.41) is 12.0. The van der Waals surface area contributed by atoms with Crippen LogP contribution < -0.4 is 14.8 Å². The van der Waals surface area contributed by atoms with Gasteiger partial charge in [0, 0.05) is 6.42 Å². The van der Waals surface area contributed by atoms with Crippen LogP contribution in [0.5, 0.6) is 11.5 Å². The largest absolute Gasteiger partial charge is 0.493 e. The molecule has 1 aliphatic rings. The molecule has 2 N–H and O–H groups in total. The summed E-state index contributed by atoms with van der Waals surface area (Å²) in [5.74, 6) is 0.0162. The average Bonchev–Trinajstić information content (AvgIpc) is 3.21. The van der Waals surface area contributed by atoms with Gasteiger partial charge >= 0.3 is 5.97 Å². The zero-order chi connectivity index (χ0) is 20.8. The average molecular weight is 397 g/mol. The molecule has 0 radical (unpaired) electrons. The van der Waals surface area contributed by atoms with E-state index >= 15 is 0 Å². The van der Waals surface area contributed by atoms with Crippen LogP contribution in [-0.2, 0) is 4.79 Å². The van der Waals surface area contributed by atoms with E-state index in [0.29, 0.717) is 11.4 Å². The van der Waals surface area contributed by atoms with E-state index in [1.807, 2.05) is 25.1 Å². The van der Waals surface area contributed by atoms with Gasteiger partial charge in [0.25, 0.3) is 0 Å². The Balaban J connectivity index is 1.66. The molecule has 6 nitrogen and oxygen atoms in total. The molecule has 1 atom stereocenters. The lowest BCUT2D eigenvalue weighted by Crippen LogP contribution is -2.16. The van der Waals surface area contributed by atoms with Crippen LogP contribution in [0.4, 0.5) is 5.69 Å². The highest BCUT2D eigenvalue weighted by molar-refractivity contribution is 6.00. The lowest BCUT2D eigenvalue weighted by Gasteiger charge is -2.18. The van der Waals surface area contributed by atoms with Crippen LogP contribution in [0.1, 0.15) is 60.9 Å². The van der Waals surface area contributed by atoms with Crippen LogP contribution in [0.25, 0.3) is 0 Å². The van der Waals surface area contributed by atoms with Gasteiger partial charge in [-0.25, -0.2) is 4.79 Å². The summed E-state index contributed by atoms with van der Waals surface area (Å²) in [6.07, 6.45) is 5.00. The summed E-state index contributed by atoms with van der Waals surface area (Å²) in [6, 6.07) is 12.1. The fraction of sp³-hybridized carbons (Fsp3) is 0.391. The zero-order valence-electron chi connectivity index (χ0n) is 16.8. The number of carbonyl (C=O) groups excluding carboxylic acids is 1. The van der Waals surface area contributed by atoms with Crippen molar-refractivity contribution in [2.24, 2.45) is 0 Å². The van der Waals surface area contributed by atoms with Crippen LogP contribution >= 0.6 is 0 Å². The first-order valence-corrected chi connectivity index (χ1v) is 9.94. The monoisotopic (exact) mass is 397 g/mol. The number of carboxylic acids is 1. The number of nitrogens with one attached hydrogen (secondary N) is 1. The summed E-state index contributed by atoms with van der Waals surface area (Å²) in [4.78, 5) is 23.8. The van der Waals surface area contributed by atoms with Gasteiger partial charge in [0.15, 0.2) is 11.5 Å². The first-order valence-electron chi connectivity index (χ1n) is 9.94. The number of carbonyl (C=O) groups is 2. The second kappa shape index (κ2) is 9.45. The molecule has 1 amide bonds. The highest BCUT2D eigenvalue weighted by Gasteiger charge is 2.20. The predicted octanol–water partition coefficient (Wildman–Crippen LogP) is 4.85. The molecule has 29 heavy (non-hydrogen) atoms. The number of amides is 1. The Morgan fingerprint density at radius 2 is 1.86 bits per heavy atom. The number of benzene rings is 2. The number of carboxylic acid groups (broad SMARTS) is 1. The highest BCUT2D eigenvalue weighted by atomic mass is 16.5. The molecule has 2 aromatic carbocycles. The van der Waals surface area contributed by atoms with Gasteiger partial charge in [-0.15, -0.1) is 0 Å². The number of methoxy groups -OCH3 is 1. The van der Waals surface area contributed by atoms with Crippen molar-refractivity contribution in [3.8, 4) is 11.5 Å². The van der Waals surface area contributed by atoms with Crippen molar-refractivity contribution >= 4 is 17.6 Å². The first kappa shape index (κ1) is 20.7. The minimum atomic E-state index is -1.07. The molecule has 154 valence electrons. The highest BCUT2D eigenvalue weighted by Crippen LogP contribution is 2.34. The lowest BCUT2D eigenvalue weighted by molar-refractivity contribution is -0.116. The maximum atomic E-state index is 12.5. The van der Waals surface area contributed by atoms with Gasteiger partial charge in [0.1, 0.15) is 0 Å². The summed E-state index contributed by atoms with van der Waals surface area (Å²) in [7, 11) is 1.61. The molecule has 0 heterocycles. The normalized spacial score (nSPS) is 15.0. The number of rotatable bonds is 8. The number of para-hydroxylation sites is 1. The third kappa shape index (κ3) is 5.28. The third-order valence-electron chi connectivity index (χ3n) is 5.28. The Kier molecular flexibility index (Phi) is 6.75. The maximum absolute atomic E-state index is 12.5. The van der Waals surface area contributed by atoms with E-state index in [2.05, 4.69) is 5.32 Å². The van der Waals surface area contributed by atoms with Crippen molar-refractivity contribution in [1.29, 1.82) is 0 Å². The van der Waals surface area contributed by atoms with Gasteiger partial charge in [0.05, 0.1) is 24.5 Å². The standard InChI is InChI=1S/C23H27NO5/c1-15(13-22(25)24-19-10-6-5-9-18(19)23(26)27)16-11-12-20(21(14-16)28-2)29-17-7-3-4-8-17/h5-6,9-12,14-15,17H,3-4,7-8,13H2,1-2H3,(H,24,25)(H,26,27). The van der Waals surface area contributed by atoms with Gasteiger partial charge in [-0.05, 0) is 61.4 Å². The predicted molar refractivity (Wildman–Crippen MR) is 111 cm³/mol. The van der Waals surface area contributed by atoms with Crippen molar-refractivity contribution in [1.82, 2.24) is 0 Å². The van der Waals surface area contributed by atoms with Gasteiger partial charge in [0.2, 0.25) is 5.91 Å². The first-order chi connectivity index (χ1) is 14.0. The number of aromatic carboxylic acids is 1. The second-order valence-electron chi connectivity index (χ2n) is 7.44. The van der Waals surface area contributed by atoms with Crippen molar-refractivity contribution < 1.29 is 24.2 Å². The Bertz CT molecular complexity index is 873. The third-order valence-corrected chi connectivity index (χ3v) is 5.28. The molecule has 1 aliphatic carbocycles. The minimum absolute atomic E-state index is 0.0681. The molecule has 1 fully saturated rings. The molecular formula is C23H27NO5. The van der Waals surface area contributed by atoms with Crippen LogP contribution in [0.3, 0.4) is 0 Å². The van der Waals surface area contributed by atoms with Crippen molar-refractivity contribution in [2.45, 2.75) is 51.0 Å². The molecule has 0 spiro atoms. The van der Waals surface area contributed by atoms with Crippen molar-refractivity contribution in [2.75, 3.05) is 12.4 Å². The van der Waals surface area contributed by atoms with E-state index in [9.17, 15) is 14.7 Å². The summed E-state index contributed by atoms with van der Waals surface area (Å²) in [5.41, 5.74) is 1.33. The molecule has 0 aromatic heterocycles. The number of anilines is 1. The van der Waals surface area contributed by atoms with Gasteiger partial charge in [-0.3, -0.25) is 4.79 Å². The van der Waals surface area contributed by atoms with Gasteiger partial charge in [-0.2, -0.15) is 0 Å². The maximum Gasteiger partial charge on any atom is 0.337 e. The molecule has 0 aliphatic heterocycles. The van der Waals surface area contributed by atoms with Crippen molar-refractivity contribution in [3.05, 3.63) is 53.6 Å². The van der Waals surface area contributed by atoms with Crippen LogP contribution in [0, 0.1) is 0 Å². The van der Waals surface area contributed by atoms with E-state index in [1.165, 1.54) is 18.9 Å². The number of hydrogen-bond acceptors (Lipinski definition) is 4. The van der Waals surface area contributed by atoms with Crippen molar-refractivity contribution in [3.63, 3.8) is 0 Å². The minimum Gasteiger partial charge on any atom is -0.493 e. The smallest absolute Gasteiger partial charge is 0.337 e. The second-order valence-corrected chi connectivity index (χ2v) is 7.44. The molecule has 6 heteroatoms. The topological polar surface area (TPSA) is 84.9 Å². The van der Waals surface area contributed by atoms with Crippen LogP contribution in [0.15, 0.2) is 42.5 Å². The Morgan fingerprint density at radius 3 is 2.55 bits per heavy atom. The zero-order valence-corrected chi connectivity index (χ0v) is 16.8. The van der Waals surface area contributed by atoms with Gasteiger partial charge < -0.3 is 19.9 Å². The molecule has 1 saturated carbocycles. The summed E-state index contributed by atoms with van der Waals surface area (Å²) in [6.45, 7) is 1.95. The molecular weight excluding hydrogens is 370 g/mol. The molecule has 0 bridgehead atoms. The Morgan fingerprint density at radius 1 is 1.14 bits per heavy atom. The van der Waals surface area contributed by atoms with Crippen LogP contribution in [0.2, 0.25) is 0 Å². The van der Waals surface area contributed by atoms with E-state index in [4.69, 9.17) is 9.47 Å². The molecule has 1 unspecified atom stereocenters. The number of ether oxygens (including phenoxy) is 2. The summed E-state index contributed by atoms with van der Waals surface area (Å²) < 4.78 is 11.6. The van der Waals surface area contributed by atoms with E-state index < -0.39 is 5.97 Å². The Labute approximate surface area is 170 Å². The lowest BCUT2D eigenvalue weighted by atomic mass is 9.97. The fourth-order valence-corrected chi connectivity index (χ4v) is 3.65. The molecule has 0 saturated heterocycles. The van der Waals surface area contributed by atoms with E-state index in [0.717, 1.165) is 24.2 Å². The van der Waals surface area contributed by atoms with E-state index in [-0.39, 0.29) is 29.9 Å². The SMILES string of the molecule is COc1cc(C(C)CC(=O)Nc2ccccc2C(=O)O)ccc1OC1CCCC1. The van der Waals surface area contributed by atoms with E-state index in [1.54, 1.807) is 25.3 Å². The molecule has 3 rings (SSSR count). The van der Waals surface area contributed by atoms with Gasteiger partial charge in [-0.1, -0.05) is 25.1 Å². The summed E-state index contributed by atoms with van der Waals surface area (Å²) >= 11 is 0. The Hall–Kier alpha value is -3.02. The quantitative estimate of drug-likeness (QED) is 0.665. The fourth-order valence-electron chi connectivity index (χ4n) is 3.65. The number of hydrogen-bond donors (Lipinski definition) is 2. The molecule has 2 aromatic rings.